The first-order chi connectivity index (χ1) is 23.5. The minimum atomic E-state index is -6.04. The molecule has 0 aliphatic carbocycles. The normalized spacial score (nSPS) is 13.3. The largest absolute Gasteiger partial charge is 0.506 e. The van der Waals surface area contributed by atoms with Crippen LogP contribution in [0.5, 0.6) is 11.5 Å². The second-order valence-electron chi connectivity index (χ2n) is 13.1. The van der Waals surface area contributed by atoms with E-state index in [0.29, 0.717) is 88.5 Å². The quantitative estimate of drug-likeness (QED) is 0.0469. The number of benzene rings is 2. The molecule has 4 nitrogen and oxygen atoms in total. The standard InChI is InChI=1S/C35H46F12N2O2/c36-31(37,38)17-13-9-5-1-3-7-11-15-23-19-25(21-27(50)29(23)48)33(34(42,43)44,35(45,46)47)26-20-24(30(49)28(51)22-26)16-12-8-4-2-6-10-14-18-32(39,40)41/h19-22,50-51H,1-18,48-49H2. The molecule has 0 unspecified atom stereocenters. The Morgan fingerprint density at radius 3 is 0.961 bits per heavy atom. The summed E-state index contributed by atoms with van der Waals surface area (Å²) in [5.74, 6) is -1.99. The number of aryl methyl sites for hydroxylation is 2. The molecule has 0 aliphatic heterocycles. The van der Waals surface area contributed by atoms with Gasteiger partial charge in [0.2, 0.25) is 5.41 Å². The molecule has 0 heterocycles. The summed E-state index contributed by atoms with van der Waals surface area (Å²) in [7, 11) is 0. The summed E-state index contributed by atoms with van der Waals surface area (Å²) in [5.41, 5.74) is 3.18. The van der Waals surface area contributed by atoms with Crippen LogP contribution in [0.4, 0.5) is 64.1 Å². The lowest BCUT2D eigenvalue weighted by Gasteiger charge is -2.39. The maximum Gasteiger partial charge on any atom is 0.411 e. The number of hydrogen-bond acceptors (Lipinski definition) is 4. The molecule has 0 saturated carbocycles. The van der Waals surface area contributed by atoms with Crippen LogP contribution in [0.2, 0.25) is 0 Å². The highest BCUT2D eigenvalue weighted by Gasteiger charge is 2.73. The van der Waals surface area contributed by atoms with Crippen LogP contribution < -0.4 is 11.5 Å². The summed E-state index contributed by atoms with van der Waals surface area (Å²) in [6, 6.07) is 1.91. The zero-order chi connectivity index (χ0) is 38.7. The molecule has 2 aromatic carbocycles. The van der Waals surface area contributed by atoms with Gasteiger partial charge >= 0.3 is 24.7 Å². The number of nitrogen functional groups attached to an aromatic ring is 2. The van der Waals surface area contributed by atoms with Crippen LogP contribution in [-0.2, 0) is 18.3 Å². The van der Waals surface area contributed by atoms with E-state index >= 15 is 0 Å². The zero-order valence-electron chi connectivity index (χ0n) is 28.1. The SMILES string of the molecule is Nc1c(O)cc(C(c2cc(O)c(N)c(CCCCCCCCCC(F)(F)F)c2)(C(F)(F)F)C(F)(F)F)cc1CCCCCCCCCC(F)(F)F. The van der Waals surface area contributed by atoms with Crippen molar-refractivity contribution < 1.29 is 62.9 Å². The van der Waals surface area contributed by atoms with Crippen molar-refractivity contribution in [3.8, 4) is 11.5 Å². The number of phenols is 2. The number of unbranched alkanes of at least 4 members (excludes halogenated alkanes) is 12. The van der Waals surface area contributed by atoms with E-state index in [0.717, 1.165) is 0 Å². The zero-order valence-corrected chi connectivity index (χ0v) is 28.1. The second kappa shape index (κ2) is 18.5. The number of halogens is 12. The van der Waals surface area contributed by atoms with Crippen molar-refractivity contribution in [3.63, 3.8) is 0 Å². The molecular formula is C35H46F12N2O2. The number of phenolic OH excluding ortho intramolecular Hbond substituents is 2. The second-order valence-corrected chi connectivity index (χ2v) is 13.1. The molecule has 51 heavy (non-hydrogen) atoms. The predicted octanol–water partition coefficient (Wildman–Crippen LogP) is 12.1. The molecule has 0 aliphatic rings. The van der Waals surface area contributed by atoms with E-state index in [1.165, 1.54) is 0 Å². The van der Waals surface area contributed by atoms with Crippen LogP contribution in [0.25, 0.3) is 0 Å². The number of hydrogen-bond donors (Lipinski definition) is 4. The van der Waals surface area contributed by atoms with Gasteiger partial charge in [-0.1, -0.05) is 76.3 Å². The van der Waals surface area contributed by atoms with Crippen LogP contribution >= 0.6 is 0 Å². The molecular weight excluding hydrogens is 708 g/mol. The minimum absolute atomic E-state index is 0.0150. The maximum atomic E-state index is 15.0. The molecule has 0 spiro atoms. The van der Waals surface area contributed by atoms with Crippen molar-refractivity contribution in [1.82, 2.24) is 0 Å². The molecule has 16 heteroatoms. The summed E-state index contributed by atoms with van der Waals surface area (Å²) in [5, 5.41) is 20.9. The van der Waals surface area contributed by atoms with Gasteiger partial charge < -0.3 is 21.7 Å². The Labute approximate surface area is 289 Å². The third-order valence-electron chi connectivity index (χ3n) is 9.02. The average Bonchev–Trinajstić information content (AvgIpc) is 2.97. The van der Waals surface area contributed by atoms with Gasteiger partial charge in [-0.2, -0.15) is 52.7 Å². The predicted molar refractivity (Wildman–Crippen MR) is 171 cm³/mol. The van der Waals surface area contributed by atoms with E-state index in [2.05, 4.69) is 0 Å². The Bertz CT molecular complexity index is 1270. The minimum Gasteiger partial charge on any atom is -0.506 e. The average molecular weight is 755 g/mol. The van der Waals surface area contributed by atoms with Crippen LogP contribution in [0.15, 0.2) is 24.3 Å². The number of rotatable bonds is 20. The summed E-state index contributed by atoms with van der Waals surface area (Å²) in [6.45, 7) is 0. The Kier molecular flexibility index (Phi) is 16.0. The first-order valence-corrected chi connectivity index (χ1v) is 17.0. The van der Waals surface area contributed by atoms with Gasteiger partial charge in [0.25, 0.3) is 0 Å². The molecule has 2 rings (SSSR count). The Balaban J connectivity index is 2.28. The van der Waals surface area contributed by atoms with Crippen molar-refractivity contribution in [2.24, 2.45) is 0 Å². The number of aromatic hydroxyl groups is 2. The van der Waals surface area contributed by atoms with Gasteiger partial charge in [-0.15, -0.1) is 0 Å². The van der Waals surface area contributed by atoms with E-state index in [1.807, 2.05) is 0 Å². The van der Waals surface area contributed by atoms with Crippen molar-refractivity contribution in [2.75, 3.05) is 11.5 Å². The molecule has 0 saturated heterocycles. The molecule has 6 N–H and O–H groups in total. The third kappa shape index (κ3) is 13.1. The van der Waals surface area contributed by atoms with Crippen LogP contribution in [0, 0.1) is 0 Å². The summed E-state index contributed by atoms with van der Waals surface area (Å²) < 4.78 is 164. The number of nitrogens with two attached hydrogens (primary N) is 2. The highest BCUT2D eigenvalue weighted by molar-refractivity contribution is 5.65. The van der Waals surface area contributed by atoms with Gasteiger partial charge in [0, 0.05) is 12.8 Å². The van der Waals surface area contributed by atoms with Gasteiger partial charge in [0.05, 0.1) is 11.4 Å². The molecule has 0 radical (unpaired) electrons. The fraction of sp³-hybridized carbons (Fsp3) is 0.657. The highest BCUT2D eigenvalue weighted by atomic mass is 19.4. The lowest BCUT2D eigenvalue weighted by molar-refractivity contribution is -0.288. The first kappa shape index (κ1) is 44.0. The van der Waals surface area contributed by atoms with Crippen molar-refractivity contribution >= 4 is 11.4 Å². The molecule has 292 valence electrons. The Morgan fingerprint density at radius 1 is 0.412 bits per heavy atom. The highest BCUT2D eigenvalue weighted by Crippen LogP contribution is 2.58. The molecule has 2 aromatic rings. The lowest BCUT2D eigenvalue weighted by atomic mass is 9.71. The molecule has 0 atom stereocenters. The fourth-order valence-electron chi connectivity index (χ4n) is 6.27. The number of alkyl halides is 12. The van der Waals surface area contributed by atoms with E-state index in [9.17, 15) is 62.9 Å². The topological polar surface area (TPSA) is 92.5 Å². The van der Waals surface area contributed by atoms with E-state index in [4.69, 9.17) is 11.5 Å². The van der Waals surface area contributed by atoms with Crippen LogP contribution in [-0.4, -0.2) is 34.9 Å². The summed E-state index contributed by atoms with van der Waals surface area (Å²) in [6.07, 6.45) is -17.0. The van der Waals surface area contributed by atoms with Crippen molar-refractivity contribution in [1.29, 1.82) is 0 Å². The van der Waals surface area contributed by atoms with E-state index in [-0.39, 0.29) is 49.7 Å². The summed E-state index contributed by atoms with van der Waals surface area (Å²) in [4.78, 5) is 0. The monoisotopic (exact) mass is 754 g/mol. The molecule has 0 bridgehead atoms. The molecule has 0 amide bonds. The Morgan fingerprint density at radius 2 is 0.686 bits per heavy atom. The van der Waals surface area contributed by atoms with Gasteiger partial charge in [-0.3, -0.25) is 0 Å². The van der Waals surface area contributed by atoms with Crippen LogP contribution in [0.1, 0.15) is 125 Å². The van der Waals surface area contributed by atoms with E-state index in [1.54, 1.807) is 0 Å². The molecule has 0 fully saturated rings. The first-order valence-electron chi connectivity index (χ1n) is 17.0. The van der Waals surface area contributed by atoms with Crippen LogP contribution in [0.3, 0.4) is 0 Å². The van der Waals surface area contributed by atoms with Gasteiger partial charge in [0.15, 0.2) is 0 Å². The smallest absolute Gasteiger partial charge is 0.411 e. The van der Waals surface area contributed by atoms with E-state index < -0.39 is 77.0 Å². The van der Waals surface area contributed by atoms with Gasteiger partial charge in [-0.05, 0) is 72.9 Å². The number of anilines is 2. The summed E-state index contributed by atoms with van der Waals surface area (Å²) >= 11 is 0. The van der Waals surface area contributed by atoms with Crippen molar-refractivity contribution in [2.45, 2.75) is 146 Å². The third-order valence-corrected chi connectivity index (χ3v) is 9.02. The fourth-order valence-corrected chi connectivity index (χ4v) is 6.27. The lowest BCUT2D eigenvalue weighted by Crippen LogP contribution is -2.54. The molecule has 0 aromatic heterocycles. The van der Waals surface area contributed by atoms with Crippen molar-refractivity contribution in [3.05, 3.63) is 46.5 Å². The van der Waals surface area contributed by atoms with Gasteiger partial charge in [0.1, 0.15) is 11.5 Å². The Hall–Kier alpha value is -3.20. The van der Waals surface area contributed by atoms with Gasteiger partial charge in [-0.25, -0.2) is 0 Å². The maximum absolute atomic E-state index is 15.0.